The minimum atomic E-state index is 0.0808. The molecule has 1 unspecified atom stereocenters. The summed E-state index contributed by atoms with van der Waals surface area (Å²) >= 11 is 6.09. The van der Waals surface area contributed by atoms with Crippen LogP contribution in [0.25, 0.3) is 0 Å². The number of rotatable bonds is 11. The minimum absolute atomic E-state index is 0.0808. The molecule has 0 amide bonds. The molecule has 0 saturated heterocycles. The van der Waals surface area contributed by atoms with Crippen LogP contribution in [0.1, 0.15) is 64.5 Å². The zero-order valence-electron chi connectivity index (χ0n) is 13.7. The van der Waals surface area contributed by atoms with Crippen LogP contribution in [0, 0.1) is 0 Å². The van der Waals surface area contributed by atoms with Crippen LogP contribution in [-0.4, -0.2) is 19.2 Å². The predicted octanol–water partition coefficient (Wildman–Crippen LogP) is 5.37. The van der Waals surface area contributed by atoms with Gasteiger partial charge in [-0.3, -0.25) is 0 Å². The topological polar surface area (TPSA) is 21.3 Å². The van der Waals surface area contributed by atoms with Crippen molar-refractivity contribution in [2.45, 2.75) is 65.0 Å². The van der Waals surface area contributed by atoms with Crippen LogP contribution in [0.5, 0.6) is 0 Å². The van der Waals surface area contributed by atoms with Gasteiger partial charge in [0.2, 0.25) is 0 Å². The van der Waals surface area contributed by atoms with Crippen molar-refractivity contribution in [3.05, 3.63) is 34.9 Å². The van der Waals surface area contributed by atoms with Gasteiger partial charge in [-0.25, -0.2) is 0 Å². The van der Waals surface area contributed by atoms with Gasteiger partial charge < -0.3 is 10.1 Å². The second-order valence-electron chi connectivity index (χ2n) is 5.89. The van der Waals surface area contributed by atoms with E-state index in [2.05, 4.69) is 32.2 Å². The van der Waals surface area contributed by atoms with Gasteiger partial charge in [0, 0.05) is 24.2 Å². The zero-order chi connectivity index (χ0) is 15.5. The van der Waals surface area contributed by atoms with Crippen LogP contribution in [0.15, 0.2) is 24.3 Å². The number of unbranched alkanes of at least 4 members (excludes halogenated alkanes) is 4. The van der Waals surface area contributed by atoms with E-state index in [1.165, 1.54) is 25.7 Å². The Kier molecular flexibility index (Phi) is 9.73. The number of benzene rings is 1. The first kappa shape index (κ1) is 18.5. The molecule has 0 aromatic heterocycles. The fraction of sp³-hybridized carbons (Fsp3) is 0.667. The van der Waals surface area contributed by atoms with E-state index in [4.69, 9.17) is 16.3 Å². The molecule has 1 rings (SSSR count). The summed E-state index contributed by atoms with van der Waals surface area (Å²) in [6.45, 7) is 8.19. The molecule has 0 saturated carbocycles. The molecule has 0 aliphatic heterocycles. The third kappa shape index (κ3) is 8.45. The Morgan fingerprint density at radius 2 is 1.90 bits per heavy atom. The first-order valence-corrected chi connectivity index (χ1v) is 8.61. The van der Waals surface area contributed by atoms with Crippen LogP contribution in [0.4, 0.5) is 0 Å². The molecule has 1 atom stereocenters. The van der Waals surface area contributed by atoms with Crippen molar-refractivity contribution in [3.8, 4) is 0 Å². The van der Waals surface area contributed by atoms with Gasteiger partial charge >= 0.3 is 0 Å². The summed E-state index contributed by atoms with van der Waals surface area (Å²) in [5.41, 5.74) is 1.16. The number of hydrogen-bond donors (Lipinski definition) is 1. The predicted molar refractivity (Wildman–Crippen MR) is 92.0 cm³/mol. The van der Waals surface area contributed by atoms with E-state index < -0.39 is 0 Å². The molecule has 3 heteroatoms. The molecule has 1 aromatic rings. The molecular weight excluding hydrogens is 282 g/mol. The Morgan fingerprint density at radius 3 is 2.57 bits per heavy atom. The molecule has 0 spiro atoms. The molecular formula is C18H30ClNO. The summed E-state index contributed by atoms with van der Waals surface area (Å²) in [6.07, 6.45) is 6.40. The van der Waals surface area contributed by atoms with E-state index in [0.29, 0.717) is 6.04 Å². The second kappa shape index (κ2) is 11.1. The second-order valence-corrected chi connectivity index (χ2v) is 6.33. The molecule has 0 aliphatic rings. The van der Waals surface area contributed by atoms with Crippen molar-refractivity contribution in [3.63, 3.8) is 0 Å². The summed E-state index contributed by atoms with van der Waals surface area (Å²) in [6, 6.07) is 8.45. The highest BCUT2D eigenvalue weighted by atomic mass is 35.5. The van der Waals surface area contributed by atoms with Crippen LogP contribution in [0.2, 0.25) is 5.02 Å². The van der Waals surface area contributed by atoms with E-state index >= 15 is 0 Å². The molecule has 2 nitrogen and oxygen atoms in total. The smallest absolute Gasteiger partial charge is 0.0949 e. The van der Waals surface area contributed by atoms with Crippen LogP contribution in [0.3, 0.4) is 0 Å². The van der Waals surface area contributed by atoms with Crippen molar-refractivity contribution < 1.29 is 4.74 Å². The van der Waals surface area contributed by atoms with Gasteiger partial charge in [0.25, 0.3) is 0 Å². The third-order valence-corrected chi connectivity index (χ3v) is 3.73. The number of halogens is 1. The van der Waals surface area contributed by atoms with Crippen molar-refractivity contribution >= 4 is 11.6 Å². The number of nitrogens with one attached hydrogen (secondary N) is 1. The zero-order valence-corrected chi connectivity index (χ0v) is 14.5. The largest absolute Gasteiger partial charge is 0.372 e. The van der Waals surface area contributed by atoms with Crippen LogP contribution in [-0.2, 0) is 4.74 Å². The summed E-state index contributed by atoms with van der Waals surface area (Å²) in [5.74, 6) is 0. The van der Waals surface area contributed by atoms with Gasteiger partial charge in [-0.15, -0.1) is 0 Å². The van der Waals surface area contributed by atoms with E-state index in [1.54, 1.807) is 0 Å². The molecule has 0 radical (unpaired) electrons. The Hall–Kier alpha value is -0.570. The third-order valence-electron chi connectivity index (χ3n) is 3.50. The quantitative estimate of drug-likeness (QED) is 0.555. The lowest BCUT2D eigenvalue weighted by molar-refractivity contribution is 0.0485. The number of hydrogen-bond acceptors (Lipinski definition) is 2. The standard InChI is InChI=1S/C18H30ClNO/c1-4-5-6-7-8-12-21-18(14-20-15(2)3)16-10-9-11-17(19)13-16/h9-11,13,15,18,20H,4-8,12,14H2,1-3H3. The lowest BCUT2D eigenvalue weighted by Crippen LogP contribution is -2.29. The molecule has 1 aromatic carbocycles. The molecule has 0 heterocycles. The maximum absolute atomic E-state index is 6.09. The average Bonchev–Trinajstić information content (AvgIpc) is 2.45. The Morgan fingerprint density at radius 1 is 1.14 bits per heavy atom. The summed E-state index contributed by atoms with van der Waals surface area (Å²) in [5, 5.41) is 4.23. The van der Waals surface area contributed by atoms with Gasteiger partial charge in [-0.05, 0) is 24.1 Å². The number of ether oxygens (including phenoxy) is 1. The maximum atomic E-state index is 6.09. The Labute approximate surface area is 135 Å². The van der Waals surface area contributed by atoms with Gasteiger partial charge in [-0.1, -0.05) is 70.2 Å². The monoisotopic (exact) mass is 311 g/mol. The first-order chi connectivity index (χ1) is 10.1. The van der Waals surface area contributed by atoms with Gasteiger partial charge in [0.1, 0.15) is 0 Å². The Balaban J connectivity index is 2.45. The van der Waals surface area contributed by atoms with Gasteiger partial charge in [0.15, 0.2) is 0 Å². The maximum Gasteiger partial charge on any atom is 0.0949 e. The van der Waals surface area contributed by atoms with E-state index in [0.717, 1.165) is 30.2 Å². The van der Waals surface area contributed by atoms with Gasteiger partial charge in [-0.2, -0.15) is 0 Å². The SMILES string of the molecule is CCCCCCCOC(CNC(C)C)c1cccc(Cl)c1. The van der Waals surface area contributed by atoms with Crippen molar-refractivity contribution in [2.75, 3.05) is 13.2 Å². The minimum Gasteiger partial charge on any atom is -0.372 e. The molecule has 0 fully saturated rings. The fourth-order valence-electron chi connectivity index (χ4n) is 2.25. The average molecular weight is 312 g/mol. The lowest BCUT2D eigenvalue weighted by Gasteiger charge is -2.21. The normalized spacial score (nSPS) is 12.8. The van der Waals surface area contributed by atoms with E-state index in [9.17, 15) is 0 Å². The summed E-state index contributed by atoms with van der Waals surface area (Å²) in [4.78, 5) is 0. The summed E-state index contributed by atoms with van der Waals surface area (Å²) < 4.78 is 6.09. The van der Waals surface area contributed by atoms with Crippen molar-refractivity contribution in [1.82, 2.24) is 5.32 Å². The van der Waals surface area contributed by atoms with Crippen LogP contribution < -0.4 is 5.32 Å². The summed E-state index contributed by atoms with van der Waals surface area (Å²) in [7, 11) is 0. The molecule has 0 aliphatic carbocycles. The van der Waals surface area contributed by atoms with Crippen molar-refractivity contribution in [1.29, 1.82) is 0 Å². The molecule has 21 heavy (non-hydrogen) atoms. The highest BCUT2D eigenvalue weighted by Crippen LogP contribution is 2.21. The first-order valence-electron chi connectivity index (χ1n) is 8.24. The molecule has 1 N–H and O–H groups in total. The molecule has 120 valence electrons. The van der Waals surface area contributed by atoms with Crippen LogP contribution >= 0.6 is 11.6 Å². The lowest BCUT2D eigenvalue weighted by atomic mass is 10.1. The van der Waals surface area contributed by atoms with Gasteiger partial charge in [0.05, 0.1) is 6.10 Å². The van der Waals surface area contributed by atoms with E-state index in [-0.39, 0.29) is 6.10 Å². The highest BCUT2D eigenvalue weighted by Gasteiger charge is 2.12. The highest BCUT2D eigenvalue weighted by molar-refractivity contribution is 6.30. The van der Waals surface area contributed by atoms with Crippen molar-refractivity contribution in [2.24, 2.45) is 0 Å². The molecule has 0 bridgehead atoms. The fourth-order valence-corrected chi connectivity index (χ4v) is 2.45. The Bertz CT molecular complexity index is 381. The van der Waals surface area contributed by atoms with E-state index in [1.807, 2.05) is 18.2 Å².